The van der Waals surface area contributed by atoms with Gasteiger partial charge in [0.05, 0.1) is 0 Å². The Balaban J connectivity index is 1.91. The Labute approximate surface area is 115 Å². The smallest absolute Gasteiger partial charge is 0.293 e. The Morgan fingerprint density at radius 2 is 2.00 bits per heavy atom. The number of rotatable bonds is 5. The number of nitrogens with one attached hydrogen (secondary N) is 1. The van der Waals surface area contributed by atoms with Crippen molar-refractivity contribution in [2.45, 2.75) is 57.6 Å². The topological polar surface area (TPSA) is 38.3 Å². The minimum absolute atomic E-state index is 0.0821. The Bertz CT molecular complexity index is 400. The van der Waals surface area contributed by atoms with Gasteiger partial charge in [0.25, 0.3) is 6.47 Å². The van der Waals surface area contributed by atoms with Gasteiger partial charge in [-0.1, -0.05) is 26.0 Å². The standard InChI is InChI=1S/C16H23NO2/c1-12(2)13-6-8-14(9-7-13)17-15-4-3-5-16(10-15)19-11-18/h6-9,11-12,15-17H,3-5,10H2,1-2H3/t15-,16-/m0/s1. The lowest BCUT2D eigenvalue weighted by atomic mass is 9.92. The van der Waals surface area contributed by atoms with Crippen LogP contribution in [-0.4, -0.2) is 18.6 Å². The van der Waals surface area contributed by atoms with Crippen LogP contribution in [0.15, 0.2) is 24.3 Å². The molecule has 1 aromatic carbocycles. The molecule has 3 heteroatoms. The van der Waals surface area contributed by atoms with E-state index >= 15 is 0 Å². The van der Waals surface area contributed by atoms with Crippen LogP contribution >= 0.6 is 0 Å². The van der Waals surface area contributed by atoms with Crippen LogP contribution in [0.4, 0.5) is 5.69 Å². The molecule has 0 heterocycles. The van der Waals surface area contributed by atoms with Crippen LogP contribution < -0.4 is 5.32 Å². The molecule has 1 aromatic rings. The summed E-state index contributed by atoms with van der Waals surface area (Å²) in [4.78, 5) is 10.4. The highest BCUT2D eigenvalue weighted by Crippen LogP contribution is 2.25. The van der Waals surface area contributed by atoms with Crippen molar-refractivity contribution in [3.05, 3.63) is 29.8 Å². The molecule has 0 spiro atoms. The number of carbonyl (C=O) groups is 1. The molecule has 2 rings (SSSR count). The van der Waals surface area contributed by atoms with Crippen LogP contribution in [0.25, 0.3) is 0 Å². The maximum Gasteiger partial charge on any atom is 0.293 e. The molecule has 0 radical (unpaired) electrons. The quantitative estimate of drug-likeness (QED) is 0.821. The third-order valence-electron chi connectivity index (χ3n) is 3.82. The predicted octanol–water partition coefficient (Wildman–Crippen LogP) is 3.71. The number of hydrogen-bond acceptors (Lipinski definition) is 3. The van der Waals surface area contributed by atoms with Gasteiger partial charge in [0.2, 0.25) is 0 Å². The summed E-state index contributed by atoms with van der Waals surface area (Å²) in [5, 5.41) is 3.54. The van der Waals surface area contributed by atoms with E-state index in [0.717, 1.165) is 31.4 Å². The molecule has 0 aliphatic heterocycles. The molecule has 1 saturated carbocycles. The zero-order valence-corrected chi connectivity index (χ0v) is 11.8. The Hall–Kier alpha value is -1.51. The van der Waals surface area contributed by atoms with E-state index in [2.05, 4.69) is 43.4 Å². The monoisotopic (exact) mass is 261 g/mol. The summed E-state index contributed by atoms with van der Waals surface area (Å²) in [7, 11) is 0. The van der Waals surface area contributed by atoms with E-state index in [1.54, 1.807) is 0 Å². The molecule has 0 aromatic heterocycles. The fraction of sp³-hybridized carbons (Fsp3) is 0.562. The number of anilines is 1. The van der Waals surface area contributed by atoms with Crippen LogP contribution in [0.1, 0.15) is 51.0 Å². The van der Waals surface area contributed by atoms with Crippen molar-refractivity contribution in [3.8, 4) is 0 Å². The van der Waals surface area contributed by atoms with Crippen molar-refractivity contribution in [2.75, 3.05) is 5.32 Å². The molecule has 1 aliphatic rings. The van der Waals surface area contributed by atoms with Crippen molar-refractivity contribution in [1.82, 2.24) is 0 Å². The molecule has 1 aliphatic carbocycles. The summed E-state index contributed by atoms with van der Waals surface area (Å²) in [6, 6.07) is 9.03. The van der Waals surface area contributed by atoms with Crippen molar-refractivity contribution < 1.29 is 9.53 Å². The highest BCUT2D eigenvalue weighted by Gasteiger charge is 2.22. The van der Waals surface area contributed by atoms with Gasteiger partial charge in [-0.3, -0.25) is 4.79 Å². The molecule has 0 unspecified atom stereocenters. The van der Waals surface area contributed by atoms with Gasteiger partial charge in [-0.25, -0.2) is 0 Å². The zero-order chi connectivity index (χ0) is 13.7. The second-order valence-corrected chi connectivity index (χ2v) is 5.64. The first-order valence-corrected chi connectivity index (χ1v) is 7.14. The van der Waals surface area contributed by atoms with Crippen molar-refractivity contribution in [3.63, 3.8) is 0 Å². The van der Waals surface area contributed by atoms with Gasteiger partial charge in [-0.2, -0.15) is 0 Å². The lowest BCUT2D eigenvalue weighted by Gasteiger charge is -2.29. The molecule has 3 nitrogen and oxygen atoms in total. The van der Waals surface area contributed by atoms with Crippen LogP contribution in [-0.2, 0) is 9.53 Å². The second-order valence-electron chi connectivity index (χ2n) is 5.64. The molecule has 104 valence electrons. The SMILES string of the molecule is CC(C)c1ccc(N[C@H]2CCC[C@H](OC=O)C2)cc1. The first-order chi connectivity index (χ1) is 9.19. The minimum Gasteiger partial charge on any atom is -0.465 e. The van der Waals surface area contributed by atoms with E-state index in [1.165, 1.54) is 5.56 Å². The molecule has 2 atom stereocenters. The fourth-order valence-electron chi connectivity index (χ4n) is 2.68. The Morgan fingerprint density at radius 3 is 2.63 bits per heavy atom. The van der Waals surface area contributed by atoms with Gasteiger partial charge in [0, 0.05) is 18.2 Å². The lowest BCUT2D eigenvalue weighted by molar-refractivity contribution is -0.134. The summed E-state index contributed by atoms with van der Waals surface area (Å²) in [5.74, 6) is 0.564. The van der Waals surface area contributed by atoms with Crippen LogP contribution in [0.2, 0.25) is 0 Å². The molecule has 0 amide bonds. The van der Waals surface area contributed by atoms with Crippen LogP contribution in [0.5, 0.6) is 0 Å². The number of carbonyl (C=O) groups excluding carboxylic acids is 1. The van der Waals surface area contributed by atoms with Crippen LogP contribution in [0.3, 0.4) is 0 Å². The normalized spacial score (nSPS) is 23.1. The van der Waals surface area contributed by atoms with Gasteiger partial charge >= 0.3 is 0 Å². The lowest BCUT2D eigenvalue weighted by Crippen LogP contribution is -2.31. The van der Waals surface area contributed by atoms with Gasteiger partial charge < -0.3 is 10.1 Å². The van der Waals surface area contributed by atoms with E-state index < -0.39 is 0 Å². The predicted molar refractivity (Wildman–Crippen MR) is 77.3 cm³/mol. The van der Waals surface area contributed by atoms with E-state index in [4.69, 9.17) is 4.74 Å². The number of ether oxygens (including phenoxy) is 1. The van der Waals surface area contributed by atoms with E-state index in [0.29, 0.717) is 18.4 Å². The molecule has 0 bridgehead atoms. The van der Waals surface area contributed by atoms with Crippen molar-refractivity contribution in [1.29, 1.82) is 0 Å². The number of benzene rings is 1. The summed E-state index contributed by atoms with van der Waals surface area (Å²) >= 11 is 0. The van der Waals surface area contributed by atoms with Crippen molar-refractivity contribution in [2.24, 2.45) is 0 Å². The summed E-state index contributed by atoms with van der Waals surface area (Å²) in [5.41, 5.74) is 2.51. The largest absolute Gasteiger partial charge is 0.465 e. The maximum atomic E-state index is 10.4. The molecule has 0 saturated heterocycles. The van der Waals surface area contributed by atoms with E-state index in [1.807, 2.05) is 0 Å². The molecular formula is C16H23NO2. The third kappa shape index (κ3) is 3.98. The molecule has 1 fully saturated rings. The highest BCUT2D eigenvalue weighted by molar-refractivity contribution is 5.46. The van der Waals surface area contributed by atoms with Crippen LogP contribution in [0, 0.1) is 0 Å². The van der Waals surface area contributed by atoms with E-state index in [-0.39, 0.29) is 6.10 Å². The highest BCUT2D eigenvalue weighted by atomic mass is 16.5. The first-order valence-electron chi connectivity index (χ1n) is 7.14. The average Bonchev–Trinajstić information content (AvgIpc) is 2.40. The summed E-state index contributed by atoms with van der Waals surface area (Å²) < 4.78 is 5.08. The molecular weight excluding hydrogens is 238 g/mol. The first kappa shape index (κ1) is 13.9. The molecule has 1 N–H and O–H groups in total. The van der Waals surface area contributed by atoms with E-state index in [9.17, 15) is 4.79 Å². The summed E-state index contributed by atoms with van der Waals surface area (Å²) in [6.07, 6.45) is 4.23. The molecule has 19 heavy (non-hydrogen) atoms. The Kier molecular flexibility index (Phi) is 4.83. The Morgan fingerprint density at radius 1 is 1.26 bits per heavy atom. The zero-order valence-electron chi connectivity index (χ0n) is 11.8. The van der Waals surface area contributed by atoms with Gasteiger partial charge in [-0.15, -0.1) is 0 Å². The fourth-order valence-corrected chi connectivity index (χ4v) is 2.68. The van der Waals surface area contributed by atoms with Gasteiger partial charge in [0.15, 0.2) is 0 Å². The number of hydrogen-bond donors (Lipinski definition) is 1. The minimum atomic E-state index is 0.0821. The van der Waals surface area contributed by atoms with Gasteiger partial charge in [0.1, 0.15) is 6.10 Å². The van der Waals surface area contributed by atoms with Crippen molar-refractivity contribution >= 4 is 12.2 Å². The second kappa shape index (κ2) is 6.60. The third-order valence-corrected chi connectivity index (χ3v) is 3.82. The maximum absolute atomic E-state index is 10.4. The average molecular weight is 261 g/mol. The summed E-state index contributed by atoms with van der Waals surface area (Å²) in [6.45, 7) is 4.97. The van der Waals surface area contributed by atoms with Gasteiger partial charge in [-0.05, 0) is 42.9 Å².